The molecule has 0 N–H and O–H groups in total. The molecule has 1 rings (SSSR count). The summed E-state index contributed by atoms with van der Waals surface area (Å²) in [5.41, 5.74) is 1.86. The zero-order chi connectivity index (χ0) is 15.6. The topological polar surface area (TPSA) is 18.5 Å². The second-order valence-electron chi connectivity index (χ2n) is 6.86. The molecule has 2 nitrogen and oxygen atoms in total. The minimum Gasteiger partial charge on any atom is -0.429 e. The molecule has 1 aromatic rings. The van der Waals surface area contributed by atoms with Crippen molar-refractivity contribution >= 4 is 35.3 Å². The van der Waals surface area contributed by atoms with Crippen molar-refractivity contribution in [2.24, 2.45) is 0 Å². The average Bonchev–Trinajstić information content (AvgIpc) is 2.37. The standard InChI is InChI=1S/C15H28O2Si3.2CH4/c1-9-20(8,16-2)17-19(6,7)15-12-10-14(11-13-15)18(3,4)5;;/h9-13H,1H2,2-8H3;2*1H4. The summed E-state index contributed by atoms with van der Waals surface area (Å²) in [7, 11) is -3.71. The Bertz CT molecular complexity index is 464. The van der Waals surface area contributed by atoms with E-state index in [2.05, 4.69) is 63.6 Å². The van der Waals surface area contributed by atoms with Crippen LogP contribution in [-0.4, -0.2) is 32.1 Å². The van der Waals surface area contributed by atoms with Crippen LogP contribution in [0.1, 0.15) is 14.9 Å². The maximum absolute atomic E-state index is 6.38. The van der Waals surface area contributed by atoms with E-state index in [1.165, 1.54) is 10.4 Å². The van der Waals surface area contributed by atoms with Gasteiger partial charge in [0.1, 0.15) is 0 Å². The third-order valence-electron chi connectivity index (χ3n) is 3.68. The van der Waals surface area contributed by atoms with Crippen molar-refractivity contribution in [2.45, 2.75) is 54.1 Å². The van der Waals surface area contributed by atoms with Gasteiger partial charge in [-0.25, -0.2) is 0 Å². The Morgan fingerprint density at radius 1 is 0.864 bits per heavy atom. The van der Waals surface area contributed by atoms with Crippen LogP contribution in [0.25, 0.3) is 0 Å². The molecule has 128 valence electrons. The molecule has 0 fully saturated rings. The summed E-state index contributed by atoms with van der Waals surface area (Å²) in [4.78, 5) is 0. The molecular weight excluding hydrogens is 320 g/mol. The molecule has 0 aliphatic rings. The van der Waals surface area contributed by atoms with E-state index in [1.807, 2.05) is 12.2 Å². The number of hydrogen-bond acceptors (Lipinski definition) is 2. The molecule has 0 saturated carbocycles. The number of rotatable bonds is 6. The van der Waals surface area contributed by atoms with Crippen LogP contribution in [0, 0.1) is 0 Å². The SMILES string of the molecule is C.C.C=C[Si](C)(OC)O[Si](C)(C)c1ccc([Si](C)(C)C)cc1. The maximum Gasteiger partial charge on any atom is 0.350 e. The van der Waals surface area contributed by atoms with E-state index >= 15 is 0 Å². The second-order valence-corrected chi connectivity index (χ2v) is 19.2. The number of benzene rings is 1. The fourth-order valence-electron chi connectivity index (χ4n) is 2.10. The minimum absolute atomic E-state index is 0. The fourth-order valence-corrected chi connectivity index (χ4v) is 9.60. The molecule has 0 bridgehead atoms. The molecule has 0 saturated heterocycles. The first kappa shape index (κ1) is 23.8. The molecule has 1 atom stereocenters. The van der Waals surface area contributed by atoms with Crippen molar-refractivity contribution in [1.82, 2.24) is 0 Å². The van der Waals surface area contributed by atoms with Gasteiger partial charge in [-0.05, 0) is 24.8 Å². The van der Waals surface area contributed by atoms with Gasteiger partial charge in [-0.1, -0.05) is 69.6 Å². The zero-order valence-electron chi connectivity index (χ0n) is 13.9. The summed E-state index contributed by atoms with van der Waals surface area (Å²) in [6, 6.07) is 9.04. The van der Waals surface area contributed by atoms with Crippen LogP contribution in [0.2, 0.25) is 39.3 Å². The highest BCUT2D eigenvalue weighted by Crippen LogP contribution is 2.16. The lowest BCUT2D eigenvalue weighted by Gasteiger charge is -2.33. The van der Waals surface area contributed by atoms with E-state index in [0.29, 0.717) is 0 Å². The molecular formula is C17H36O2Si3. The average molecular weight is 357 g/mol. The van der Waals surface area contributed by atoms with Crippen LogP contribution < -0.4 is 10.4 Å². The summed E-state index contributed by atoms with van der Waals surface area (Å²) in [5, 5.41) is 2.80. The predicted octanol–water partition coefficient (Wildman–Crippen LogP) is 4.38. The molecule has 0 aromatic heterocycles. The lowest BCUT2D eigenvalue weighted by atomic mass is 10.4. The second kappa shape index (κ2) is 8.40. The van der Waals surface area contributed by atoms with Gasteiger partial charge in [-0.3, -0.25) is 0 Å². The molecule has 5 heteroatoms. The van der Waals surface area contributed by atoms with Gasteiger partial charge in [-0.15, -0.1) is 6.58 Å². The highest BCUT2D eigenvalue weighted by Gasteiger charge is 2.37. The van der Waals surface area contributed by atoms with Gasteiger partial charge in [0.2, 0.25) is 8.32 Å². The highest BCUT2D eigenvalue weighted by atomic mass is 28.4. The van der Waals surface area contributed by atoms with Crippen molar-refractivity contribution in [3.8, 4) is 0 Å². The molecule has 0 radical (unpaired) electrons. The first-order valence-corrected chi connectivity index (χ1v) is 15.8. The lowest BCUT2D eigenvalue weighted by Crippen LogP contribution is -2.54. The largest absolute Gasteiger partial charge is 0.429 e. The summed E-state index contributed by atoms with van der Waals surface area (Å²) in [6.45, 7) is 17.5. The van der Waals surface area contributed by atoms with Crippen molar-refractivity contribution in [3.05, 3.63) is 36.5 Å². The molecule has 0 amide bonds. The van der Waals surface area contributed by atoms with E-state index in [1.54, 1.807) is 7.11 Å². The number of hydrogen-bond donors (Lipinski definition) is 0. The van der Waals surface area contributed by atoms with Gasteiger partial charge in [0.25, 0.3) is 0 Å². The molecule has 0 aliphatic carbocycles. The molecule has 0 spiro atoms. The van der Waals surface area contributed by atoms with Gasteiger partial charge in [0.15, 0.2) is 0 Å². The van der Waals surface area contributed by atoms with E-state index in [0.717, 1.165) is 0 Å². The third kappa shape index (κ3) is 5.97. The smallest absolute Gasteiger partial charge is 0.350 e. The normalized spacial score (nSPS) is 14.3. The Kier molecular flexibility index (Phi) is 9.09. The van der Waals surface area contributed by atoms with Crippen LogP contribution in [0.3, 0.4) is 0 Å². The molecule has 0 heterocycles. The van der Waals surface area contributed by atoms with Crippen molar-refractivity contribution in [2.75, 3.05) is 7.11 Å². The Labute approximate surface area is 142 Å². The molecule has 1 unspecified atom stereocenters. The first-order valence-electron chi connectivity index (χ1n) is 7.04. The van der Waals surface area contributed by atoms with Crippen LogP contribution in [0.15, 0.2) is 36.5 Å². The van der Waals surface area contributed by atoms with Gasteiger partial charge in [0.05, 0.1) is 8.07 Å². The van der Waals surface area contributed by atoms with E-state index in [9.17, 15) is 0 Å². The zero-order valence-corrected chi connectivity index (χ0v) is 16.9. The Balaban J connectivity index is 0. The van der Waals surface area contributed by atoms with Crippen LogP contribution in [0.4, 0.5) is 0 Å². The first-order chi connectivity index (χ1) is 9.04. The Morgan fingerprint density at radius 3 is 1.59 bits per heavy atom. The quantitative estimate of drug-likeness (QED) is 0.704. The third-order valence-corrected chi connectivity index (χ3v) is 12.7. The summed E-state index contributed by atoms with van der Waals surface area (Å²) < 4.78 is 11.9. The van der Waals surface area contributed by atoms with Crippen molar-refractivity contribution in [3.63, 3.8) is 0 Å². The Hall–Kier alpha value is -0.469. The van der Waals surface area contributed by atoms with Crippen LogP contribution in [0.5, 0.6) is 0 Å². The minimum atomic E-state index is -2.23. The summed E-state index contributed by atoms with van der Waals surface area (Å²) in [6.07, 6.45) is 0. The van der Waals surface area contributed by atoms with Crippen molar-refractivity contribution < 1.29 is 8.54 Å². The van der Waals surface area contributed by atoms with Crippen molar-refractivity contribution in [1.29, 1.82) is 0 Å². The fraction of sp³-hybridized carbons (Fsp3) is 0.529. The van der Waals surface area contributed by atoms with Gasteiger partial charge < -0.3 is 8.54 Å². The predicted molar refractivity (Wildman–Crippen MR) is 110 cm³/mol. The Morgan fingerprint density at radius 2 is 1.27 bits per heavy atom. The van der Waals surface area contributed by atoms with Gasteiger partial charge in [0, 0.05) is 7.11 Å². The van der Waals surface area contributed by atoms with Gasteiger partial charge in [-0.2, -0.15) is 0 Å². The highest BCUT2D eigenvalue weighted by molar-refractivity contribution is 6.92. The van der Waals surface area contributed by atoms with E-state index in [4.69, 9.17) is 8.54 Å². The monoisotopic (exact) mass is 356 g/mol. The summed E-state index contributed by atoms with van der Waals surface area (Å²) in [5.74, 6) is 0. The van der Waals surface area contributed by atoms with Crippen LogP contribution in [-0.2, 0) is 8.54 Å². The van der Waals surface area contributed by atoms with Crippen LogP contribution >= 0.6 is 0 Å². The molecule has 22 heavy (non-hydrogen) atoms. The lowest BCUT2D eigenvalue weighted by molar-refractivity contribution is 0.319. The summed E-state index contributed by atoms with van der Waals surface area (Å²) >= 11 is 0. The van der Waals surface area contributed by atoms with E-state index < -0.39 is 25.0 Å². The molecule has 1 aromatic carbocycles. The maximum atomic E-state index is 6.38. The van der Waals surface area contributed by atoms with Gasteiger partial charge >= 0.3 is 8.56 Å². The van der Waals surface area contributed by atoms with E-state index in [-0.39, 0.29) is 14.9 Å². The molecule has 0 aliphatic heterocycles.